The Balaban J connectivity index is 1.60. The van der Waals surface area contributed by atoms with Gasteiger partial charge < -0.3 is 10.3 Å². The molecule has 0 spiro atoms. The molecule has 26 heavy (non-hydrogen) atoms. The smallest absolute Gasteiger partial charge is 0.143 e. The monoisotopic (exact) mass is 343 g/mol. The molecule has 126 valence electrons. The van der Waals surface area contributed by atoms with Crippen molar-refractivity contribution in [1.29, 1.82) is 0 Å². The summed E-state index contributed by atoms with van der Waals surface area (Å²) in [5.41, 5.74) is 5.82. The van der Waals surface area contributed by atoms with Gasteiger partial charge in [-0.3, -0.25) is 4.99 Å². The highest BCUT2D eigenvalue weighted by molar-refractivity contribution is 6.02. The molecule has 1 aliphatic rings. The van der Waals surface area contributed by atoms with Crippen molar-refractivity contribution in [2.24, 2.45) is 4.99 Å². The van der Waals surface area contributed by atoms with E-state index in [1.165, 1.54) is 24.0 Å². The molecule has 3 heterocycles. The molecule has 0 saturated heterocycles. The van der Waals surface area contributed by atoms with Crippen molar-refractivity contribution in [3.8, 4) is 11.1 Å². The summed E-state index contributed by atoms with van der Waals surface area (Å²) in [7, 11) is 0. The molecule has 5 nitrogen and oxygen atoms in total. The lowest BCUT2D eigenvalue weighted by Crippen LogP contribution is -1.97. The molecule has 0 atom stereocenters. The van der Waals surface area contributed by atoms with Gasteiger partial charge in [-0.1, -0.05) is 18.2 Å². The maximum Gasteiger partial charge on any atom is 0.143 e. The van der Waals surface area contributed by atoms with Gasteiger partial charge >= 0.3 is 0 Å². The number of rotatable bonds is 3. The molecule has 0 amide bonds. The summed E-state index contributed by atoms with van der Waals surface area (Å²) in [6.45, 7) is 0.736. The highest BCUT2D eigenvalue weighted by Gasteiger charge is 2.14. The van der Waals surface area contributed by atoms with Gasteiger partial charge in [-0.15, -0.1) is 0 Å². The maximum absolute atomic E-state index is 13.3. The second-order valence-corrected chi connectivity index (χ2v) is 6.16. The van der Waals surface area contributed by atoms with Crippen molar-refractivity contribution < 1.29 is 4.39 Å². The second-order valence-electron chi connectivity index (χ2n) is 6.16. The zero-order chi connectivity index (χ0) is 17.5. The Morgan fingerprint density at radius 3 is 2.81 bits per heavy atom. The van der Waals surface area contributed by atoms with Crippen molar-refractivity contribution >= 4 is 28.8 Å². The summed E-state index contributed by atoms with van der Waals surface area (Å²) >= 11 is 0. The van der Waals surface area contributed by atoms with E-state index in [9.17, 15) is 4.39 Å². The number of nitrogens with one attached hydrogen (secondary N) is 2. The van der Waals surface area contributed by atoms with Crippen molar-refractivity contribution in [1.82, 2.24) is 15.0 Å². The summed E-state index contributed by atoms with van der Waals surface area (Å²) in [6, 6.07) is 12.5. The summed E-state index contributed by atoms with van der Waals surface area (Å²) in [5, 5.41) is 4.25. The molecule has 1 aliphatic heterocycles. The van der Waals surface area contributed by atoms with E-state index in [1.807, 2.05) is 18.5 Å². The number of hydrogen-bond acceptors (Lipinski definition) is 4. The highest BCUT2D eigenvalue weighted by Crippen LogP contribution is 2.33. The largest absolute Gasteiger partial charge is 0.345 e. The number of halogens is 1. The fourth-order valence-corrected chi connectivity index (χ4v) is 3.23. The van der Waals surface area contributed by atoms with E-state index in [-0.39, 0.29) is 5.82 Å². The lowest BCUT2D eigenvalue weighted by Gasteiger charge is -2.09. The van der Waals surface area contributed by atoms with E-state index in [0.717, 1.165) is 40.0 Å². The number of aromatic nitrogens is 3. The zero-order valence-electron chi connectivity index (χ0n) is 13.7. The van der Waals surface area contributed by atoms with Crippen LogP contribution >= 0.6 is 0 Å². The van der Waals surface area contributed by atoms with E-state index < -0.39 is 0 Å². The molecular weight excluding hydrogens is 329 g/mol. The number of nitrogens with zero attached hydrogens (tertiary/aromatic N) is 3. The fraction of sp³-hybridized carbons (Fsp3) is 0.0500. The predicted molar refractivity (Wildman–Crippen MR) is 100 cm³/mol. The van der Waals surface area contributed by atoms with E-state index >= 15 is 0 Å². The molecule has 4 aromatic rings. The summed E-state index contributed by atoms with van der Waals surface area (Å²) in [6.07, 6.45) is 5.27. The van der Waals surface area contributed by atoms with Crippen LogP contribution in [0.15, 0.2) is 60.0 Å². The summed E-state index contributed by atoms with van der Waals surface area (Å²) in [4.78, 5) is 16.2. The highest BCUT2D eigenvalue weighted by atomic mass is 19.1. The minimum atomic E-state index is -0.261. The van der Waals surface area contributed by atoms with Gasteiger partial charge in [0.2, 0.25) is 0 Å². The van der Waals surface area contributed by atoms with Crippen LogP contribution in [-0.4, -0.2) is 21.2 Å². The van der Waals surface area contributed by atoms with Crippen LogP contribution in [0.25, 0.3) is 22.2 Å². The Morgan fingerprint density at radius 1 is 1.04 bits per heavy atom. The molecule has 0 fully saturated rings. The van der Waals surface area contributed by atoms with Gasteiger partial charge in [0.25, 0.3) is 0 Å². The number of aliphatic imine (C=N–C) groups is 1. The van der Waals surface area contributed by atoms with Gasteiger partial charge in [-0.05, 0) is 41.0 Å². The van der Waals surface area contributed by atoms with Gasteiger partial charge in [0.1, 0.15) is 23.6 Å². The molecule has 2 aromatic heterocycles. The third kappa shape index (κ3) is 2.43. The number of benzene rings is 2. The first-order valence-electron chi connectivity index (χ1n) is 8.26. The fourth-order valence-electron chi connectivity index (χ4n) is 3.23. The summed E-state index contributed by atoms with van der Waals surface area (Å²) in [5.74, 6) is 0.438. The Hall–Kier alpha value is -3.54. The Labute approximate surface area is 148 Å². The van der Waals surface area contributed by atoms with Crippen LogP contribution in [-0.2, 0) is 6.54 Å². The van der Waals surface area contributed by atoms with Crippen LogP contribution in [0.1, 0.15) is 11.1 Å². The van der Waals surface area contributed by atoms with Crippen LogP contribution < -0.4 is 5.32 Å². The van der Waals surface area contributed by atoms with Gasteiger partial charge in [0.05, 0.1) is 11.9 Å². The minimum Gasteiger partial charge on any atom is -0.345 e. The maximum atomic E-state index is 13.3. The number of hydrogen-bond donors (Lipinski definition) is 2. The SMILES string of the molecule is Fc1ccc(-c2c[nH]c3ncnc(Nc4ccc5c(c4)C=NC5)c23)cc1. The van der Waals surface area contributed by atoms with Crippen LogP contribution in [0.5, 0.6) is 0 Å². The van der Waals surface area contributed by atoms with E-state index in [2.05, 4.69) is 37.4 Å². The van der Waals surface area contributed by atoms with E-state index in [4.69, 9.17) is 0 Å². The number of fused-ring (bicyclic) bond motifs is 2. The third-order valence-electron chi connectivity index (χ3n) is 4.53. The Kier molecular flexibility index (Phi) is 3.28. The normalized spacial score (nSPS) is 12.5. The van der Waals surface area contributed by atoms with Crippen molar-refractivity contribution in [3.05, 3.63) is 71.9 Å². The number of H-pyrrole nitrogens is 1. The lowest BCUT2D eigenvalue weighted by molar-refractivity contribution is 0.628. The lowest BCUT2D eigenvalue weighted by atomic mass is 10.1. The van der Waals surface area contributed by atoms with Gasteiger partial charge in [0, 0.05) is 23.7 Å². The molecule has 0 radical (unpaired) electrons. The van der Waals surface area contributed by atoms with Crippen LogP contribution in [0.3, 0.4) is 0 Å². The van der Waals surface area contributed by atoms with Crippen LogP contribution in [0.2, 0.25) is 0 Å². The van der Waals surface area contributed by atoms with Crippen molar-refractivity contribution in [2.75, 3.05) is 5.32 Å². The molecule has 5 rings (SSSR count). The first kappa shape index (κ1) is 14.8. The van der Waals surface area contributed by atoms with Gasteiger partial charge in [0.15, 0.2) is 0 Å². The molecule has 6 heteroatoms. The molecule has 2 aromatic carbocycles. The average molecular weight is 343 g/mol. The summed E-state index contributed by atoms with van der Waals surface area (Å²) < 4.78 is 13.3. The third-order valence-corrected chi connectivity index (χ3v) is 4.53. The van der Waals surface area contributed by atoms with Crippen molar-refractivity contribution in [2.45, 2.75) is 6.54 Å². The average Bonchev–Trinajstić information content (AvgIpc) is 3.29. The molecule has 0 unspecified atom stereocenters. The van der Waals surface area contributed by atoms with Crippen LogP contribution in [0, 0.1) is 5.82 Å². The zero-order valence-corrected chi connectivity index (χ0v) is 13.7. The topological polar surface area (TPSA) is 66.0 Å². The van der Waals surface area contributed by atoms with E-state index in [1.54, 1.807) is 12.1 Å². The Bertz CT molecular complexity index is 1140. The number of aromatic amines is 1. The molecular formula is C20H14FN5. The molecule has 0 aliphatic carbocycles. The first-order chi connectivity index (χ1) is 12.8. The van der Waals surface area contributed by atoms with Crippen molar-refractivity contribution in [3.63, 3.8) is 0 Å². The predicted octanol–water partition coefficient (Wildman–Crippen LogP) is 4.44. The number of anilines is 2. The second kappa shape index (κ2) is 5.77. The molecule has 2 N–H and O–H groups in total. The molecule has 0 bridgehead atoms. The minimum absolute atomic E-state index is 0.261. The quantitative estimate of drug-likeness (QED) is 0.578. The molecule has 0 saturated carbocycles. The Morgan fingerprint density at radius 2 is 1.92 bits per heavy atom. The van der Waals surface area contributed by atoms with Gasteiger partial charge in [-0.2, -0.15) is 0 Å². The van der Waals surface area contributed by atoms with Gasteiger partial charge in [-0.25, -0.2) is 14.4 Å². The van der Waals surface area contributed by atoms with E-state index in [0.29, 0.717) is 5.82 Å². The first-order valence-corrected chi connectivity index (χ1v) is 8.26. The van der Waals surface area contributed by atoms with Crippen LogP contribution in [0.4, 0.5) is 15.9 Å². The standard InChI is InChI=1S/C20H14FN5/c21-15-4-1-12(2-5-15)17-10-23-19-18(17)20(25-11-24-19)26-16-6-3-13-8-22-9-14(13)7-16/h1-7,9-11H,8H2,(H2,23,24,25,26).